The molecule has 1 aliphatic rings. The third-order valence-corrected chi connectivity index (χ3v) is 4.68. The summed E-state index contributed by atoms with van der Waals surface area (Å²) in [6.07, 6.45) is 0. The summed E-state index contributed by atoms with van der Waals surface area (Å²) in [4.78, 5) is 13.0. The first-order chi connectivity index (χ1) is 6.38. The Hall–Kier alpha value is -0.580. The Balaban J connectivity index is 2.49. The standard InChI is InChI=1S/C9H17NO3S/c1-4-14(12,13)8-5-10(6-8)9(11)7(2)3/h7-8H,4-6H2,1-3H3. The minimum absolute atomic E-state index is 0.0414. The zero-order valence-electron chi connectivity index (χ0n) is 8.86. The fourth-order valence-corrected chi connectivity index (χ4v) is 2.73. The zero-order chi connectivity index (χ0) is 10.9. The van der Waals surface area contributed by atoms with Gasteiger partial charge in [0.15, 0.2) is 9.84 Å². The van der Waals surface area contributed by atoms with Gasteiger partial charge in [0, 0.05) is 24.8 Å². The predicted octanol–water partition coefficient (Wildman–Crippen LogP) is 0.288. The minimum Gasteiger partial charge on any atom is -0.340 e. The van der Waals surface area contributed by atoms with Crippen LogP contribution >= 0.6 is 0 Å². The van der Waals surface area contributed by atoms with E-state index in [9.17, 15) is 13.2 Å². The van der Waals surface area contributed by atoms with E-state index in [0.29, 0.717) is 13.1 Å². The Bertz CT molecular complexity index is 315. The molecule has 0 aromatic rings. The number of sulfone groups is 1. The molecule has 82 valence electrons. The van der Waals surface area contributed by atoms with Crippen molar-refractivity contribution in [1.82, 2.24) is 4.90 Å². The number of hydrogen-bond acceptors (Lipinski definition) is 3. The number of amides is 1. The Morgan fingerprint density at radius 2 is 1.93 bits per heavy atom. The van der Waals surface area contributed by atoms with Crippen molar-refractivity contribution in [3.05, 3.63) is 0 Å². The van der Waals surface area contributed by atoms with Gasteiger partial charge in [-0.15, -0.1) is 0 Å². The molecule has 0 spiro atoms. The molecule has 4 nitrogen and oxygen atoms in total. The second-order valence-electron chi connectivity index (χ2n) is 3.97. The van der Waals surface area contributed by atoms with Gasteiger partial charge in [-0.05, 0) is 0 Å². The van der Waals surface area contributed by atoms with Crippen molar-refractivity contribution in [3.8, 4) is 0 Å². The van der Waals surface area contributed by atoms with Gasteiger partial charge in [-0.1, -0.05) is 20.8 Å². The average molecular weight is 219 g/mol. The van der Waals surface area contributed by atoms with E-state index in [0.717, 1.165) is 0 Å². The normalized spacial score (nSPS) is 18.4. The van der Waals surface area contributed by atoms with Crippen molar-refractivity contribution in [3.63, 3.8) is 0 Å². The fraction of sp³-hybridized carbons (Fsp3) is 0.889. The molecule has 0 radical (unpaired) electrons. The molecule has 1 saturated heterocycles. The predicted molar refractivity (Wildman–Crippen MR) is 54.7 cm³/mol. The Morgan fingerprint density at radius 1 is 1.43 bits per heavy atom. The first-order valence-corrected chi connectivity index (χ1v) is 6.60. The summed E-state index contributed by atoms with van der Waals surface area (Å²) < 4.78 is 22.8. The molecule has 1 rings (SSSR count). The van der Waals surface area contributed by atoms with E-state index in [4.69, 9.17) is 0 Å². The van der Waals surface area contributed by atoms with E-state index in [1.54, 1.807) is 11.8 Å². The fourth-order valence-electron chi connectivity index (χ4n) is 1.45. The van der Waals surface area contributed by atoms with E-state index in [-0.39, 0.29) is 22.8 Å². The second kappa shape index (κ2) is 3.88. The van der Waals surface area contributed by atoms with Crippen LogP contribution in [0.3, 0.4) is 0 Å². The average Bonchev–Trinajstić information content (AvgIpc) is 2.00. The van der Waals surface area contributed by atoms with Crippen molar-refractivity contribution in [2.24, 2.45) is 5.92 Å². The summed E-state index contributed by atoms with van der Waals surface area (Å²) >= 11 is 0. The molecule has 1 aliphatic heterocycles. The minimum atomic E-state index is -2.95. The SMILES string of the molecule is CCS(=O)(=O)C1CN(C(=O)C(C)C)C1. The van der Waals surface area contributed by atoms with E-state index >= 15 is 0 Å². The highest BCUT2D eigenvalue weighted by molar-refractivity contribution is 7.92. The lowest BCUT2D eigenvalue weighted by molar-refractivity contribution is -0.137. The molecule has 0 atom stereocenters. The van der Waals surface area contributed by atoms with Crippen LogP contribution in [0.25, 0.3) is 0 Å². The lowest BCUT2D eigenvalue weighted by Crippen LogP contribution is -2.58. The van der Waals surface area contributed by atoms with Gasteiger partial charge in [0.25, 0.3) is 0 Å². The van der Waals surface area contributed by atoms with Crippen LogP contribution < -0.4 is 0 Å². The molecule has 1 fully saturated rings. The topological polar surface area (TPSA) is 54.5 Å². The van der Waals surface area contributed by atoms with Gasteiger partial charge < -0.3 is 4.90 Å². The molecule has 0 N–H and O–H groups in total. The molecule has 0 aromatic carbocycles. The van der Waals surface area contributed by atoms with Crippen molar-refractivity contribution in [2.45, 2.75) is 26.0 Å². The third kappa shape index (κ3) is 2.08. The maximum Gasteiger partial charge on any atom is 0.225 e. The van der Waals surface area contributed by atoms with Crippen LogP contribution in [0.4, 0.5) is 0 Å². The number of rotatable bonds is 3. The molecular formula is C9H17NO3S. The molecule has 0 saturated carbocycles. The van der Waals surface area contributed by atoms with Crippen LogP contribution in [0.15, 0.2) is 0 Å². The molecule has 14 heavy (non-hydrogen) atoms. The first kappa shape index (κ1) is 11.5. The van der Waals surface area contributed by atoms with Gasteiger partial charge in [-0.2, -0.15) is 0 Å². The quantitative estimate of drug-likeness (QED) is 0.685. The third-order valence-electron chi connectivity index (χ3n) is 2.56. The van der Waals surface area contributed by atoms with Gasteiger partial charge >= 0.3 is 0 Å². The lowest BCUT2D eigenvalue weighted by atomic mass is 10.1. The van der Waals surface area contributed by atoms with E-state index in [1.807, 2.05) is 13.8 Å². The highest BCUT2D eigenvalue weighted by Crippen LogP contribution is 2.19. The molecule has 1 heterocycles. The van der Waals surface area contributed by atoms with E-state index in [1.165, 1.54) is 0 Å². The highest BCUT2D eigenvalue weighted by Gasteiger charge is 2.38. The van der Waals surface area contributed by atoms with Crippen LogP contribution in [0, 0.1) is 5.92 Å². The molecule has 5 heteroatoms. The molecule has 0 unspecified atom stereocenters. The summed E-state index contributed by atoms with van der Waals surface area (Å²) in [7, 11) is -2.95. The first-order valence-electron chi connectivity index (χ1n) is 4.88. The van der Waals surface area contributed by atoms with Crippen molar-refractivity contribution >= 4 is 15.7 Å². The van der Waals surface area contributed by atoms with Crippen molar-refractivity contribution < 1.29 is 13.2 Å². The Labute approximate surface area is 85.2 Å². The van der Waals surface area contributed by atoms with Crippen molar-refractivity contribution in [1.29, 1.82) is 0 Å². The summed E-state index contributed by atoms with van der Waals surface area (Å²) in [6, 6.07) is 0. The van der Waals surface area contributed by atoms with Crippen molar-refractivity contribution in [2.75, 3.05) is 18.8 Å². The monoisotopic (exact) mass is 219 g/mol. The van der Waals surface area contributed by atoms with Crippen LogP contribution in [0.1, 0.15) is 20.8 Å². The number of carbonyl (C=O) groups is 1. The summed E-state index contributed by atoms with van der Waals surface area (Å²) in [5.74, 6) is 0.175. The smallest absolute Gasteiger partial charge is 0.225 e. The van der Waals surface area contributed by atoms with Gasteiger partial charge in [-0.25, -0.2) is 8.42 Å². The Morgan fingerprint density at radius 3 is 2.29 bits per heavy atom. The zero-order valence-corrected chi connectivity index (χ0v) is 9.67. The van der Waals surface area contributed by atoms with E-state index in [2.05, 4.69) is 0 Å². The molecule has 0 aromatic heterocycles. The number of likely N-dealkylation sites (tertiary alicyclic amines) is 1. The van der Waals surface area contributed by atoms with Crippen LogP contribution in [0.2, 0.25) is 0 Å². The van der Waals surface area contributed by atoms with Crippen LogP contribution in [-0.2, 0) is 14.6 Å². The highest BCUT2D eigenvalue weighted by atomic mass is 32.2. The van der Waals surface area contributed by atoms with Gasteiger partial charge in [0.1, 0.15) is 0 Å². The van der Waals surface area contributed by atoms with Crippen LogP contribution in [0.5, 0.6) is 0 Å². The molecule has 0 bridgehead atoms. The molecule has 0 aliphatic carbocycles. The number of hydrogen-bond donors (Lipinski definition) is 0. The largest absolute Gasteiger partial charge is 0.340 e. The maximum atomic E-state index is 11.4. The summed E-state index contributed by atoms with van der Waals surface area (Å²) in [5, 5.41) is -0.324. The second-order valence-corrected chi connectivity index (χ2v) is 6.54. The molecule has 1 amide bonds. The lowest BCUT2D eigenvalue weighted by Gasteiger charge is -2.39. The van der Waals surface area contributed by atoms with Gasteiger partial charge in [0.2, 0.25) is 5.91 Å². The summed E-state index contributed by atoms with van der Waals surface area (Å²) in [5.41, 5.74) is 0. The summed E-state index contributed by atoms with van der Waals surface area (Å²) in [6.45, 7) is 6.05. The van der Waals surface area contributed by atoms with Gasteiger partial charge in [-0.3, -0.25) is 4.79 Å². The Kier molecular flexibility index (Phi) is 3.19. The molecular weight excluding hydrogens is 202 g/mol. The number of carbonyl (C=O) groups excluding carboxylic acids is 1. The number of nitrogens with zero attached hydrogens (tertiary/aromatic N) is 1. The van der Waals surface area contributed by atoms with Crippen LogP contribution in [-0.4, -0.2) is 43.3 Å². The maximum absolute atomic E-state index is 11.4. The van der Waals surface area contributed by atoms with E-state index < -0.39 is 9.84 Å². The van der Waals surface area contributed by atoms with Gasteiger partial charge in [0.05, 0.1) is 5.25 Å².